The van der Waals surface area contributed by atoms with Crippen molar-refractivity contribution < 1.29 is 0 Å². The molecule has 0 saturated heterocycles. The molecule has 0 bridgehead atoms. The second-order valence-electron chi connectivity index (χ2n) is 10.6. The van der Waals surface area contributed by atoms with Gasteiger partial charge in [-0.05, 0) is 81.2 Å². The zero-order valence-electron chi connectivity index (χ0n) is 22.3. The second-order valence-corrected chi connectivity index (χ2v) is 14.9. The summed E-state index contributed by atoms with van der Waals surface area (Å²) in [6.45, 7) is 0. The summed E-state index contributed by atoms with van der Waals surface area (Å²) < 4.78 is 8.35. The first-order valence-corrected chi connectivity index (χ1v) is 17.2. The van der Waals surface area contributed by atoms with E-state index in [0.29, 0.717) is 0 Å². The van der Waals surface area contributed by atoms with E-state index in [1.54, 1.807) is 0 Å². The number of rotatable bonds is 4. The molecule has 9 aromatic rings. The zero-order valence-corrected chi connectivity index (χ0v) is 25.6. The summed E-state index contributed by atoms with van der Waals surface area (Å²) in [5.41, 5.74) is 2.48. The number of fused-ring (bicyclic) bond motifs is 8. The van der Waals surface area contributed by atoms with Crippen LogP contribution in [0.2, 0.25) is 0 Å². The van der Waals surface area contributed by atoms with E-state index >= 15 is 0 Å². The molecule has 0 unspecified atom stereocenters. The van der Waals surface area contributed by atoms with Gasteiger partial charge >= 0.3 is 0 Å². The summed E-state index contributed by atoms with van der Waals surface area (Å²) in [5.74, 6) is 0. The van der Waals surface area contributed by atoms with Gasteiger partial charge in [0, 0.05) is 39.3 Å². The average molecular weight is 607 g/mol. The van der Waals surface area contributed by atoms with Crippen molar-refractivity contribution in [3.8, 4) is 0 Å². The molecule has 0 amide bonds. The van der Waals surface area contributed by atoms with Crippen LogP contribution in [0.4, 0.5) is 0 Å². The predicted molar refractivity (Wildman–Crippen MR) is 194 cm³/mol. The van der Waals surface area contributed by atoms with Crippen molar-refractivity contribution in [2.24, 2.45) is 0 Å². The zero-order chi connectivity index (χ0) is 27.6. The van der Waals surface area contributed by atoms with Crippen LogP contribution in [-0.4, -0.2) is 0 Å². The van der Waals surface area contributed by atoms with Gasteiger partial charge in [-0.1, -0.05) is 84.9 Å². The van der Waals surface area contributed by atoms with Crippen LogP contribution in [0.1, 0.15) is 20.9 Å². The fraction of sp³-hybridized carbons (Fsp3) is 0. The summed E-state index contributed by atoms with van der Waals surface area (Å²) in [4.78, 5) is 2.61. The molecule has 0 N–H and O–H groups in total. The van der Waals surface area contributed by atoms with Crippen molar-refractivity contribution in [3.05, 3.63) is 130 Å². The standard InChI is InChI=1S/C38H22S4/c1-3-7-27-17-23(9-13-25(27)5-1)11-15-29-19-35-37(39-29)31-21-34-32(22-33(31)41-35)38-36(42-34)20-30(40-38)16-12-24-10-14-26-6-2-4-8-28(26)18-24/h1-22H. The van der Waals surface area contributed by atoms with Gasteiger partial charge in [-0.2, -0.15) is 0 Å². The van der Waals surface area contributed by atoms with Gasteiger partial charge in [-0.3, -0.25) is 0 Å². The Balaban J connectivity index is 1.03. The van der Waals surface area contributed by atoms with Gasteiger partial charge in [-0.25, -0.2) is 0 Å². The maximum Gasteiger partial charge on any atom is 0.0536 e. The van der Waals surface area contributed by atoms with E-state index in [-0.39, 0.29) is 0 Å². The van der Waals surface area contributed by atoms with Crippen molar-refractivity contribution in [3.63, 3.8) is 0 Å². The summed E-state index contributed by atoms with van der Waals surface area (Å²) >= 11 is 7.65. The SMILES string of the molecule is C(=Cc1cc2sc3cc4c(cc3c2s1)sc1cc(C=Cc2ccc3ccccc3c2)sc14)c1ccc2ccccc2c1. The highest BCUT2D eigenvalue weighted by molar-refractivity contribution is 7.34. The fourth-order valence-electron chi connectivity index (χ4n) is 5.78. The minimum atomic E-state index is 1.24. The molecule has 0 atom stereocenters. The summed E-state index contributed by atoms with van der Waals surface area (Å²) in [6.07, 6.45) is 9.00. The molecule has 0 fully saturated rings. The average Bonchev–Trinajstić information content (AvgIpc) is 3.77. The second kappa shape index (κ2) is 9.75. The van der Waals surface area contributed by atoms with Crippen LogP contribution in [0.5, 0.6) is 0 Å². The number of hydrogen-bond donors (Lipinski definition) is 0. The summed E-state index contributed by atoms with van der Waals surface area (Å²) in [7, 11) is 0. The van der Waals surface area contributed by atoms with Crippen LogP contribution in [0.15, 0.2) is 109 Å². The lowest BCUT2D eigenvalue weighted by molar-refractivity contribution is 1.71. The van der Waals surface area contributed by atoms with Crippen molar-refractivity contribution in [2.45, 2.75) is 0 Å². The van der Waals surface area contributed by atoms with Crippen LogP contribution in [0, 0.1) is 0 Å². The Hall–Kier alpha value is -4.06. The molecule has 9 rings (SSSR count). The van der Waals surface area contributed by atoms with Crippen molar-refractivity contribution in [2.75, 3.05) is 0 Å². The van der Waals surface area contributed by atoms with Gasteiger partial charge in [0.1, 0.15) is 0 Å². The first-order valence-electron chi connectivity index (χ1n) is 13.9. The van der Waals surface area contributed by atoms with Crippen molar-refractivity contribution >= 4 is 130 Å². The Kier molecular flexibility index (Phi) is 5.70. The Morgan fingerprint density at radius 1 is 0.357 bits per heavy atom. The molecule has 0 spiro atoms. The molecule has 5 aromatic carbocycles. The molecule has 0 aliphatic heterocycles. The van der Waals surface area contributed by atoms with E-state index in [2.05, 4.69) is 133 Å². The molecule has 0 saturated carbocycles. The Morgan fingerprint density at radius 2 is 0.810 bits per heavy atom. The number of thiophene rings is 4. The summed E-state index contributed by atoms with van der Waals surface area (Å²) in [6, 6.07) is 40.0. The van der Waals surface area contributed by atoms with Crippen LogP contribution < -0.4 is 0 Å². The molecular formula is C38H22S4. The first kappa shape index (κ1) is 24.5. The van der Waals surface area contributed by atoms with E-state index in [1.165, 1.54) is 81.4 Å². The molecule has 4 heterocycles. The molecule has 198 valence electrons. The molecular weight excluding hydrogens is 585 g/mol. The summed E-state index contributed by atoms with van der Waals surface area (Å²) in [5, 5.41) is 7.92. The lowest BCUT2D eigenvalue weighted by Gasteiger charge is -1.99. The quantitative estimate of drug-likeness (QED) is 0.187. The molecule has 0 nitrogen and oxygen atoms in total. The molecule has 42 heavy (non-hydrogen) atoms. The highest BCUT2D eigenvalue weighted by atomic mass is 32.1. The third-order valence-electron chi connectivity index (χ3n) is 7.87. The van der Waals surface area contributed by atoms with E-state index in [1.807, 2.05) is 45.3 Å². The molecule has 4 heteroatoms. The van der Waals surface area contributed by atoms with Gasteiger partial charge in [0.15, 0.2) is 0 Å². The highest BCUT2D eigenvalue weighted by Crippen LogP contribution is 2.46. The minimum Gasteiger partial charge on any atom is -0.134 e. The van der Waals surface area contributed by atoms with Crippen molar-refractivity contribution in [1.29, 1.82) is 0 Å². The lowest BCUT2D eigenvalue weighted by Crippen LogP contribution is -1.74. The molecule has 0 aliphatic carbocycles. The van der Waals surface area contributed by atoms with Gasteiger partial charge < -0.3 is 0 Å². The molecule has 0 radical (unpaired) electrons. The van der Waals surface area contributed by atoms with Crippen LogP contribution >= 0.6 is 45.3 Å². The molecule has 0 aliphatic rings. The normalized spacial score (nSPS) is 12.6. The van der Waals surface area contributed by atoms with Crippen molar-refractivity contribution in [1.82, 2.24) is 0 Å². The topological polar surface area (TPSA) is 0 Å². The van der Waals surface area contributed by atoms with E-state index in [4.69, 9.17) is 0 Å². The first-order chi connectivity index (χ1) is 20.7. The third kappa shape index (κ3) is 4.22. The maximum absolute atomic E-state index is 2.43. The number of benzene rings is 5. The van der Waals surface area contributed by atoms with Crippen LogP contribution in [0.25, 0.3) is 84.8 Å². The largest absolute Gasteiger partial charge is 0.134 e. The molecule has 4 aromatic heterocycles. The monoisotopic (exact) mass is 606 g/mol. The van der Waals surface area contributed by atoms with Crippen LogP contribution in [0.3, 0.4) is 0 Å². The smallest absolute Gasteiger partial charge is 0.0536 e. The van der Waals surface area contributed by atoms with Gasteiger partial charge in [0.2, 0.25) is 0 Å². The van der Waals surface area contributed by atoms with E-state index in [0.717, 1.165) is 0 Å². The predicted octanol–water partition coefficient (Wildman–Crippen LogP) is 13.2. The highest BCUT2D eigenvalue weighted by Gasteiger charge is 2.14. The minimum absolute atomic E-state index is 1.24. The van der Waals surface area contributed by atoms with Gasteiger partial charge in [0.25, 0.3) is 0 Å². The Labute approximate surface area is 258 Å². The number of hydrogen-bond acceptors (Lipinski definition) is 4. The lowest BCUT2D eigenvalue weighted by atomic mass is 10.1. The van der Waals surface area contributed by atoms with E-state index < -0.39 is 0 Å². The van der Waals surface area contributed by atoms with Crippen LogP contribution in [-0.2, 0) is 0 Å². The van der Waals surface area contributed by atoms with Gasteiger partial charge in [0.05, 0.1) is 9.40 Å². The third-order valence-corrected chi connectivity index (χ3v) is 12.6. The van der Waals surface area contributed by atoms with E-state index in [9.17, 15) is 0 Å². The fourth-order valence-corrected chi connectivity index (χ4v) is 10.7. The maximum atomic E-state index is 2.43. The van der Waals surface area contributed by atoms with Gasteiger partial charge in [-0.15, -0.1) is 45.3 Å². The Morgan fingerprint density at radius 3 is 1.29 bits per heavy atom. The Bertz CT molecular complexity index is 2350.